The predicted octanol–water partition coefficient (Wildman–Crippen LogP) is 3.10. The van der Waals surface area contributed by atoms with Crippen molar-refractivity contribution in [1.82, 2.24) is 25.5 Å². The number of carbonyl (C=O) groups excluding carboxylic acids is 2. The molecule has 1 heterocycles. The van der Waals surface area contributed by atoms with Gasteiger partial charge in [-0.3, -0.25) is 9.59 Å². The molecule has 2 amide bonds. The van der Waals surface area contributed by atoms with E-state index < -0.39 is 17.5 Å². The molecule has 0 bridgehead atoms. The molecule has 1 aliphatic carbocycles. The summed E-state index contributed by atoms with van der Waals surface area (Å²) in [6.07, 6.45) is 5.10. The van der Waals surface area contributed by atoms with Crippen molar-refractivity contribution in [2.24, 2.45) is 0 Å². The molecule has 0 radical (unpaired) electrons. The summed E-state index contributed by atoms with van der Waals surface area (Å²) in [5.74, 6) is -1.48. The van der Waals surface area contributed by atoms with E-state index in [2.05, 4.69) is 20.7 Å². The normalized spacial score (nSPS) is 14.1. The number of carbonyl (C=O) groups is 2. The first-order valence-corrected chi connectivity index (χ1v) is 10.9. The highest BCUT2D eigenvalue weighted by Crippen LogP contribution is 2.19. The lowest BCUT2D eigenvalue weighted by atomic mass is 9.95. The monoisotopic (exact) mass is 454 g/mol. The number of rotatable bonds is 7. The molecule has 1 fully saturated rings. The minimum Gasteiger partial charge on any atom is -0.352 e. The summed E-state index contributed by atoms with van der Waals surface area (Å²) in [6, 6.07) is 11.2. The van der Waals surface area contributed by atoms with E-state index in [0.717, 1.165) is 36.9 Å². The van der Waals surface area contributed by atoms with Crippen molar-refractivity contribution in [3.63, 3.8) is 0 Å². The molecule has 172 valence electrons. The second-order valence-electron chi connectivity index (χ2n) is 8.01. The van der Waals surface area contributed by atoms with Gasteiger partial charge in [0.05, 0.1) is 0 Å². The molecule has 0 atom stereocenters. The zero-order chi connectivity index (χ0) is 23.2. The van der Waals surface area contributed by atoms with E-state index in [0.29, 0.717) is 5.56 Å². The number of nitrogens with one attached hydrogen (secondary N) is 1. The smallest absolute Gasteiger partial charge is 0.251 e. The Morgan fingerprint density at radius 1 is 1.03 bits per heavy atom. The highest BCUT2D eigenvalue weighted by atomic mass is 19.1. The van der Waals surface area contributed by atoms with E-state index in [1.807, 2.05) is 0 Å². The first-order valence-electron chi connectivity index (χ1n) is 10.9. The van der Waals surface area contributed by atoms with Crippen molar-refractivity contribution >= 4 is 17.5 Å². The van der Waals surface area contributed by atoms with Crippen LogP contribution in [0, 0.1) is 11.6 Å². The fourth-order valence-corrected chi connectivity index (χ4v) is 3.86. The van der Waals surface area contributed by atoms with Gasteiger partial charge in [0.15, 0.2) is 0 Å². The topological polar surface area (TPSA) is 93.0 Å². The predicted molar refractivity (Wildman–Crippen MR) is 117 cm³/mol. The molecule has 2 aromatic carbocycles. The van der Waals surface area contributed by atoms with Crippen LogP contribution in [-0.2, 0) is 16.1 Å². The Kier molecular flexibility index (Phi) is 7.01. The summed E-state index contributed by atoms with van der Waals surface area (Å²) in [6.45, 7) is -0.556. The molecule has 10 heteroatoms. The maximum absolute atomic E-state index is 13.8. The number of tetrazole rings is 1. The third-order valence-corrected chi connectivity index (χ3v) is 5.52. The van der Waals surface area contributed by atoms with Crippen molar-refractivity contribution in [3.8, 4) is 11.4 Å². The van der Waals surface area contributed by atoms with Crippen LogP contribution in [-0.4, -0.2) is 44.6 Å². The Balaban J connectivity index is 1.48. The molecule has 3 aromatic rings. The average Bonchev–Trinajstić information content (AvgIpc) is 3.27. The van der Waals surface area contributed by atoms with Crippen molar-refractivity contribution in [2.45, 2.75) is 44.7 Å². The molecular weight excluding hydrogens is 430 g/mol. The van der Waals surface area contributed by atoms with Crippen LogP contribution in [0.4, 0.5) is 14.5 Å². The van der Waals surface area contributed by atoms with Gasteiger partial charge in [-0.1, -0.05) is 25.3 Å². The number of anilines is 1. The molecule has 4 rings (SSSR count). The van der Waals surface area contributed by atoms with Crippen LogP contribution in [0.15, 0.2) is 48.5 Å². The number of nitrogens with zero attached hydrogens (tertiary/aromatic N) is 5. The molecule has 1 aliphatic rings. The molecule has 1 N–H and O–H groups in total. The van der Waals surface area contributed by atoms with Crippen molar-refractivity contribution < 1.29 is 18.4 Å². The zero-order valence-electron chi connectivity index (χ0n) is 18.0. The first-order chi connectivity index (χ1) is 16.0. The van der Waals surface area contributed by atoms with E-state index in [1.165, 1.54) is 47.4 Å². The Morgan fingerprint density at radius 2 is 1.79 bits per heavy atom. The van der Waals surface area contributed by atoms with Crippen LogP contribution in [0.25, 0.3) is 11.4 Å². The summed E-state index contributed by atoms with van der Waals surface area (Å²) in [5, 5.41) is 14.9. The average molecular weight is 454 g/mol. The van der Waals surface area contributed by atoms with Crippen LogP contribution in [0.1, 0.15) is 32.1 Å². The highest BCUT2D eigenvalue weighted by Gasteiger charge is 2.23. The van der Waals surface area contributed by atoms with Crippen molar-refractivity contribution in [1.29, 1.82) is 0 Å². The number of halogens is 2. The largest absolute Gasteiger partial charge is 0.352 e. The van der Waals surface area contributed by atoms with E-state index in [1.54, 1.807) is 6.07 Å². The summed E-state index contributed by atoms with van der Waals surface area (Å²) in [5.41, 5.74) is 0.807. The van der Waals surface area contributed by atoms with Crippen LogP contribution < -0.4 is 10.2 Å². The van der Waals surface area contributed by atoms with Gasteiger partial charge in [-0.05, 0) is 60.5 Å². The number of benzene rings is 2. The quantitative estimate of drug-likeness (QED) is 0.592. The maximum Gasteiger partial charge on any atom is 0.251 e. The number of hydrogen-bond acceptors (Lipinski definition) is 5. The Morgan fingerprint density at radius 3 is 2.52 bits per heavy atom. The molecule has 1 saturated carbocycles. The molecule has 0 saturated heterocycles. The Labute approximate surface area is 189 Å². The van der Waals surface area contributed by atoms with Gasteiger partial charge >= 0.3 is 0 Å². The van der Waals surface area contributed by atoms with Crippen LogP contribution in [0.3, 0.4) is 0 Å². The Hall–Kier alpha value is -3.69. The summed E-state index contributed by atoms with van der Waals surface area (Å²) in [4.78, 5) is 28.1. The van der Waals surface area contributed by atoms with E-state index >= 15 is 0 Å². The second-order valence-corrected chi connectivity index (χ2v) is 8.01. The lowest BCUT2D eigenvalue weighted by Crippen LogP contribution is -2.46. The molecule has 0 spiro atoms. The van der Waals surface area contributed by atoms with Crippen molar-refractivity contribution in [2.75, 3.05) is 11.4 Å². The van der Waals surface area contributed by atoms with E-state index in [9.17, 15) is 18.4 Å². The molecule has 8 nitrogen and oxygen atoms in total. The van der Waals surface area contributed by atoms with Gasteiger partial charge in [0, 0.05) is 17.3 Å². The lowest BCUT2D eigenvalue weighted by Gasteiger charge is -2.26. The minimum atomic E-state index is -0.518. The molecule has 33 heavy (non-hydrogen) atoms. The van der Waals surface area contributed by atoms with Gasteiger partial charge in [0.2, 0.25) is 11.7 Å². The lowest BCUT2D eigenvalue weighted by molar-refractivity contribution is -0.124. The summed E-state index contributed by atoms with van der Waals surface area (Å²) in [7, 11) is 0. The third-order valence-electron chi connectivity index (χ3n) is 5.52. The van der Waals surface area contributed by atoms with Gasteiger partial charge in [0.25, 0.3) is 5.91 Å². The summed E-state index contributed by atoms with van der Waals surface area (Å²) >= 11 is 0. The number of hydrogen-bond donors (Lipinski definition) is 1. The van der Waals surface area contributed by atoms with Crippen LogP contribution in [0.5, 0.6) is 0 Å². The second kappa shape index (κ2) is 10.3. The zero-order valence-corrected chi connectivity index (χ0v) is 18.0. The van der Waals surface area contributed by atoms with E-state index in [-0.39, 0.29) is 36.6 Å². The summed E-state index contributed by atoms with van der Waals surface area (Å²) < 4.78 is 27.0. The fourth-order valence-electron chi connectivity index (χ4n) is 3.86. The molecule has 1 aromatic heterocycles. The standard InChI is InChI=1S/C23H24F2N6O2/c24-17-11-9-16(10-12-17)23-27-29-31(28-23)15-22(33)30(20-8-4-5-18(25)13-20)14-21(32)26-19-6-2-1-3-7-19/h4-5,8-13,19H,1-3,6-7,14-15H2,(H,26,32). The van der Waals surface area contributed by atoms with Gasteiger partial charge in [-0.25, -0.2) is 8.78 Å². The number of amides is 2. The SMILES string of the molecule is O=C(CN(C(=O)Cn1nnc(-c2ccc(F)cc2)n1)c1cccc(F)c1)NC1CCCCC1. The van der Waals surface area contributed by atoms with Gasteiger partial charge in [-0.2, -0.15) is 4.80 Å². The minimum absolute atomic E-state index is 0.0889. The molecule has 0 unspecified atom stereocenters. The maximum atomic E-state index is 13.8. The fraction of sp³-hybridized carbons (Fsp3) is 0.348. The van der Waals surface area contributed by atoms with Gasteiger partial charge in [-0.15, -0.1) is 10.2 Å². The van der Waals surface area contributed by atoms with Crippen LogP contribution in [0.2, 0.25) is 0 Å². The van der Waals surface area contributed by atoms with Crippen LogP contribution >= 0.6 is 0 Å². The van der Waals surface area contributed by atoms with E-state index in [4.69, 9.17) is 0 Å². The van der Waals surface area contributed by atoms with Gasteiger partial charge < -0.3 is 10.2 Å². The Bertz CT molecular complexity index is 1110. The molecule has 0 aliphatic heterocycles. The first kappa shape index (κ1) is 22.5. The van der Waals surface area contributed by atoms with Gasteiger partial charge in [0.1, 0.15) is 24.7 Å². The number of aromatic nitrogens is 4. The molecular formula is C23H24F2N6O2. The third kappa shape index (κ3) is 5.97. The highest BCUT2D eigenvalue weighted by molar-refractivity contribution is 5.98. The van der Waals surface area contributed by atoms with Crippen molar-refractivity contribution in [3.05, 3.63) is 60.2 Å².